The molecular weight excluding hydrogens is 357 g/mol. The van der Waals surface area contributed by atoms with Gasteiger partial charge in [-0.3, -0.25) is 4.79 Å². The number of alkyl halides is 7. The van der Waals surface area contributed by atoms with Crippen LogP contribution < -0.4 is 10.6 Å². The predicted octanol–water partition coefficient (Wildman–Crippen LogP) is -0.622. The first-order valence-corrected chi connectivity index (χ1v) is 6.55. The lowest BCUT2D eigenvalue weighted by molar-refractivity contribution is -0.344. The molecule has 0 aromatic heterocycles. The lowest BCUT2D eigenvalue weighted by atomic mass is 9.91. The summed E-state index contributed by atoms with van der Waals surface area (Å²) in [6, 6.07) is -2.24. The lowest BCUT2D eigenvalue weighted by Gasteiger charge is -2.40. The number of aliphatic hydroxyl groups is 3. The topological polar surface area (TPSA) is 102 Å². The normalized spacial score (nSPS) is 32.5. The van der Waals surface area contributed by atoms with Crippen LogP contribution in [0.2, 0.25) is 0 Å². The number of rotatable bonds is 4. The van der Waals surface area contributed by atoms with Crippen molar-refractivity contribution >= 4 is 5.91 Å². The molecule has 0 aromatic rings. The Kier molecular flexibility index (Phi) is 5.75. The summed E-state index contributed by atoms with van der Waals surface area (Å²) in [7, 11) is 0. The van der Waals surface area contributed by atoms with Crippen molar-refractivity contribution < 1.29 is 50.8 Å². The van der Waals surface area contributed by atoms with E-state index in [0.717, 1.165) is 0 Å². The van der Waals surface area contributed by atoms with Gasteiger partial charge in [-0.1, -0.05) is 0 Å². The second-order valence-electron chi connectivity index (χ2n) is 5.39. The van der Waals surface area contributed by atoms with Gasteiger partial charge >= 0.3 is 18.0 Å². The maximum absolute atomic E-state index is 13.1. The van der Waals surface area contributed by atoms with E-state index >= 15 is 0 Å². The lowest BCUT2D eigenvalue weighted by Crippen LogP contribution is -2.67. The summed E-state index contributed by atoms with van der Waals surface area (Å²) in [5.74, 6) is -15.6. The number of hydrogen-bond acceptors (Lipinski definition) is 5. The summed E-state index contributed by atoms with van der Waals surface area (Å²) in [6.07, 6.45) is -11.6. The van der Waals surface area contributed by atoms with E-state index in [0.29, 0.717) is 0 Å². The molecule has 0 aromatic carbocycles. The molecule has 5 N–H and O–H groups in total. The minimum Gasteiger partial charge on any atom is -0.389 e. The molecule has 13 heteroatoms. The van der Waals surface area contributed by atoms with Crippen LogP contribution in [0.1, 0.15) is 6.92 Å². The quantitative estimate of drug-likeness (QED) is 0.424. The molecular formula is C11H15F7N2O4. The first kappa shape index (κ1) is 20.9. The van der Waals surface area contributed by atoms with Crippen LogP contribution in [-0.2, 0) is 4.79 Å². The van der Waals surface area contributed by atoms with Crippen molar-refractivity contribution in [1.29, 1.82) is 0 Å². The van der Waals surface area contributed by atoms with E-state index in [2.05, 4.69) is 5.32 Å². The zero-order valence-corrected chi connectivity index (χ0v) is 12.0. The van der Waals surface area contributed by atoms with Crippen LogP contribution >= 0.6 is 0 Å². The molecule has 24 heavy (non-hydrogen) atoms. The number of carbonyl (C=O) groups is 1. The molecule has 0 saturated carbocycles. The van der Waals surface area contributed by atoms with Crippen molar-refractivity contribution in [2.24, 2.45) is 0 Å². The minimum atomic E-state index is -6.65. The second kappa shape index (κ2) is 6.61. The van der Waals surface area contributed by atoms with Crippen molar-refractivity contribution in [3.63, 3.8) is 0 Å². The van der Waals surface area contributed by atoms with Crippen LogP contribution in [0.3, 0.4) is 0 Å². The van der Waals surface area contributed by atoms with E-state index in [4.69, 9.17) is 0 Å². The van der Waals surface area contributed by atoms with Crippen molar-refractivity contribution in [1.82, 2.24) is 10.6 Å². The number of nitrogens with one attached hydrogen (secondary N) is 2. The third-order valence-electron chi connectivity index (χ3n) is 3.62. The first-order valence-electron chi connectivity index (χ1n) is 6.55. The van der Waals surface area contributed by atoms with Crippen molar-refractivity contribution in [3.8, 4) is 0 Å². The summed E-state index contributed by atoms with van der Waals surface area (Å²) < 4.78 is 87.5. The van der Waals surface area contributed by atoms with E-state index in [-0.39, 0.29) is 0 Å². The molecule has 0 aliphatic carbocycles. The molecule has 1 aliphatic rings. The number of halogens is 7. The Bertz CT molecular complexity index is 474. The van der Waals surface area contributed by atoms with Gasteiger partial charge in [-0.05, 0) is 6.92 Å². The Balaban J connectivity index is 2.78. The average molecular weight is 372 g/mol. The Morgan fingerprint density at radius 1 is 1.00 bits per heavy atom. The highest BCUT2D eigenvalue weighted by Crippen LogP contribution is 2.46. The average Bonchev–Trinajstić information content (AvgIpc) is 2.45. The van der Waals surface area contributed by atoms with Crippen molar-refractivity contribution in [2.75, 3.05) is 6.54 Å². The minimum absolute atomic E-state index is 0.873. The van der Waals surface area contributed by atoms with Crippen LogP contribution in [-0.4, -0.2) is 76.2 Å². The highest BCUT2D eigenvalue weighted by atomic mass is 19.4. The fourth-order valence-corrected chi connectivity index (χ4v) is 2.08. The summed E-state index contributed by atoms with van der Waals surface area (Å²) in [5, 5.41) is 32.1. The Labute approximate surface area is 130 Å². The standard InChI is InChI=1S/C11H15F7N2O4/c1-3-5(21)7(23)6(22)4(20-3)2-19-8(24)9(12,13)10(14,15)11(16,17)18/h3-7,20-23H,2H2,1H3,(H,19,24)/t3-,4+,5+,6+,7+/m0/s1. The molecule has 0 bridgehead atoms. The zero-order chi connectivity index (χ0) is 19.1. The third kappa shape index (κ3) is 3.58. The number of aliphatic hydroxyl groups excluding tert-OH is 3. The number of hydrogen-bond donors (Lipinski definition) is 5. The molecule has 0 unspecified atom stereocenters. The molecule has 6 nitrogen and oxygen atoms in total. The monoisotopic (exact) mass is 372 g/mol. The number of carbonyl (C=O) groups excluding carboxylic acids is 1. The van der Waals surface area contributed by atoms with Crippen LogP contribution in [0, 0.1) is 0 Å². The van der Waals surface area contributed by atoms with Gasteiger partial charge in [0.05, 0.1) is 18.2 Å². The summed E-state index contributed by atoms with van der Waals surface area (Å²) >= 11 is 0. The molecule has 1 rings (SSSR count). The van der Waals surface area contributed by atoms with E-state index in [1.807, 2.05) is 0 Å². The van der Waals surface area contributed by atoms with Gasteiger partial charge in [0.1, 0.15) is 6.10 Å². The molecule has 0 radical (unpaired) electrons. The zero-order valence-electron chi connectivity index (χ0n) is 12.0. The van der Waals surface area contributed by atoms with Crippen molar-refractivity contribution in [3.05, 3.63) is 0 Å². The van der Waals surface area contributed by atoms with Gasteiger partial charge in [0.15, 0.2) is 0 Å². The van der Waals surface area contributed by atoms with Gasteiger partial charge in [0.2, 0.25) is 0 Å². The predicted molar refractivity (Wildman–Crippen MR) is 63.4 cm³/mol. The van der Waals surface area contributed by atoms with Crippen LogP contribution in [0.15, 0.2) is 0 Å². The summed E-state index contributed by atoms with van der Waals surface area (Å²) in [4.78, 5) is 11.1. The molecule has 5 atom stereocenters. The largest absolute Gasteiger partial charge is 0.460 e. The van der Waals surface area contributed by atoms with Gasteiger partial charge in [-0.15, -0.1) is 0 Å². The molecule has 1 heterocycles. The molecule has 142 valence electrons. The van der Waals surface area contributed by atoms with Crippen LogP contribution in [0.25, 0.3) is 0 Å². The van der Waals surface area contributed by atoms with Gasteiger partial charge in [0, 0.05) is 12.6 Å². The van der Waals surface area contributed by atoms with Crippen LogP contribution in [0.4, 0.5) is 30.7 Å². The number of piperidine rings is 1. The fraction of sp³-hybridized carbons (Fsp3) is 0.909. The number of amides is 1. The van der Waals surface area contributed by atoms with E-state index in [9.17, 15) is 50.8 Å². The van der Waals surface area contributed by atoms with E-state index in [1.165, 1.54) is 12.2 Å². The van der Waals surface area contributed by atoms with Gasteiger partial charge in [-0.2, -0.15) is 30.7 Å². The Morgan fingerprint density at radius 3 is 1.96 bits per heavy atom. The van der Waals surface area contributed by atoms with Crippen molar-refractivity contribution in [2.45, 2.75) is 55.3 Å². The highest BCUT2D eigenvalue weighted by molar-refractivity contribution is 5.84. The third-order valence-corrected chi connectivity index (χ3v) is 3.62. The Hall–Kier alpha value is -1.18. The second-order valence-corrected chi connectivity index (χ2v) is 5.39. The molecule has 1 aliphatic heterocycles. The molecule has 1 saturated heterocycles. The SMILES string of the molecule is C[C@@H]1N[C@H](CNC(=O)C(F)(F)C(F)(F)C(F)(F)F)[C@@H](O)[C@H](O)[C@@H]1O. The van der Waals surface area contributed by atoms with E-state index in [1.54, 1.807) is 0 Å². The first-order chi connectivity index (χ1) is 10.6. The Morgan fingerprint density at radius 2 is 1.50 bits per heavy atom. The highest BCUT2D eigenvalue weighted by Gasteiger charge is 2.76. The van der Waals surface area contributed by atoms with Gasteiger partial charge < -0.3 is 26.0 Å². The maximum Gasteiger partial charge on any atom is 0.460 e. The molecule has 1 fully saturated rings. The van der Waals surface area contributed by atoms with Gasteiger partial charge in [-0.25, -0.2) is 0 Å². The smallest absolute Gasteiger partial charge is 0.389 e. The maximum atomic E-state index is 13.1. The van der Waals surface area contributed by atoms with Crippen LogP contribution in [0.5, 0.6) is 0 Å². The van der Waals surface area contributed by atoms with E-state index < -0.39 is 60.9 Å². The summed E-state index contributed by atoms with van der Waals surface area (Å²) in [6.45, 7) is 0.332. The molecule has 0 spiro atoms. The summed E-state index contributed by atoms with van der Waals surface area (Å²) in [5.41, 5.74) is 0. The molecule has 1 amide bonds. The van der Waals surface area contributed by atoms with Gasteiger partial charge in [0.25, 0.3) is 5.91 Å². The fourth-order valence-electron chi connectivity index (χ4n) is 2.08.